The Morgan fingerprint density at radius 1 is 1.45 bits per heavy atom. The second-order valence-electron chi connectivity index (χ2n) is 5.12. The molecular formula is C15H15ClN2O2. The van der Waals surface area contributed by atoms with Gasteiger partial charge in [0.15, 0.2) is 11.3 Å². The highest BCUT2D eigenvalue weighted by molar-refractivity contribution is 6.21. The highest BCUT2D eigenvalue weighted by Crippen LogP contribution is 2.27. The molecule has 2 unspecified atom stereocenters. The standard InChI is InChI=1S/C15H15ClN2O2/c1-9-6-7-12(11(16)8-9)17-15(19)14-10-4-2-3-5-13(10)20-18-14/h2-5,11-12H,1,6-8H2,(H,17,19). The summed E-state index contributed by atoms with van der Waals surface area (Å²) in [5.41, 5.74) is 2.06. The fourth-order valence-corrected chi connectivity index (χ4v) is 2.92. The van der Waals surface area contributed by atoms with Gasteiger partial charge in [-0.15, -0.1) is 11.6 Å². The zero-order chi connectivity index (χ0) is 14.1. The number of benzene rings is 1. The lowest BCUT2D eigenvalue weighted by molar-refractivity contribution is 0.0924. The summed E-state index contributed by atoms with van der Waals surface area (Å²) in [6.45, 7) is 3.94. The number of rotatable bonds is 2. The molecule has 1 aromatic heterocycles. The highest BCUT2D eigenvalue weighted by Gasteiger charge is 2.28. The molecule has 1 aliphatic rings. The fraction of sp³-hybridized carbons (Fsp3) is 0.333. The van der Waals surface area contributed by atoms with E-state index < -0.39 is 0 Å². The first-order valence-corrected chi connectivity index (χ1v) is 7.05. The average molecular weight is 291 g/mol. The third kappa shape index (κ3) is 2.43. The summed E-state index contributed by atoms with van der Waals surface area (Å²) in [6.07, 6.45) is 2.45. The number of amides is 1. The maximum absolute atomic E-state index is 12.3. The Balaban J connectivity index is 1.78. The van der Waals surface area contributed by atoms with Crippen molar-refractivity contribution in [3.63, 3.8) is 0 Å². The van der Waals surface area contributed by atoms with Crippen LogP contribution in [0.1, 0.15) is 29.8 Å². The summed E-state index contributed by atoms with van der Waals surface area (Å²) in [7, 11) is 0. The zero-order valence-electron chi connectivity index (χ0n) is 10.9. The second kappa shape index (κ2) is 5.29. The summed E-state index contributed by atoms with van der Waals surface area (Å²) in [4.78, 5) is 12.3. The van der Waals surface area contributed by atoms with Crippen LogP contribution in [0.25, 0.3) is 11.0 Å². The lowest BCUT2D eigenvalue weighted by Crippen LogP contribution is -2.43. The Morgan fingerprint density at radius 3 is 3.05 bits per heavy atom. The summed E-state index contributed by atoms with van der Waals surface area (Å²) in [5.74, 6) is -0.238. The second-order valence-corrected chi connectivity index (χ2v) is 5.68. The van der Waals surface area contributed by atoms with E-state index in [0.29, 0.717) is 11.3 Å². The molecule has 104 valence electrons. The van der Waals surface area contributed by atoms with Gasteiger partial charge in [0.05, 0.1) is 10.8 Å². The van der Waals surface area contributed by atoms with Crippen LogP contribution in [-0.2, 0) is 0 Å². The van der Waals surface area contributed by atoms with Gasteiger partial charge in [-0.05, 0) is 31.4 Å². The van der Waals surface area contributed by atoms with E-state index in [1.165, 1.54) is 0 Å². The maximum Gasteiger partial charge on any atom is 0.274 e. The predicted molar refractivity (Wildman–Crippen MR) is 77.9 cm³/mol. The van der Waals surface area contributed by atoms with E-state index in [-0.39, 0.29) is 17.3 Å². The molecular weight excluding hydrogens is 276 g/mol. The summed E-state index contributed by atoms with van der Waals surface area (Å²) in [6, 6.07) is 7.25. The topological polar surface area (TPSA) is 55.1 Å². The molecule has 0 aliphatic heterocycles. The molecule has 2 aromatic rings. The molecule has 0 radical (unpaired) electrons. The van der Waals surface area contributed by atoms with E-state index in [2.05, 4.69) is 17.1 Å². The molecule has 1 aromatic carbocycles. The summed E-state index contributed by atoms with van der Waals surface area (Å²) in [5, 5.41) is 7.41. The number of aromatic nitrogens is 1. The minimum atomic E-state index is -0.238. The van der Waals surface area contributed by atoms with Gasteiger partial charge in [-0.3, -0.25) is 4.79 Å². The number of carbonyl (C=O) groups is 1. The molecule has 0 spiro atoms. The third-order valence-electron chi connectivity index (χ3n) is 3.64. The Kier molecular flexibility index (Phi) is 3.49. The molecule has 3 rings (SSSR count). The largest absolute Gasteiger partial charge is 0.355 e. The third-order valence-corrected chi connectivity index (χ3v) is 4.10. The van der Waals surface area contributed by atoms with Crippen LogP contribution in [0.3, 0.4) is 0 Å². The van der Waals surface area contributed by atoms with E-state index in [1.54, 1.807) is 6.07 Å². The van der Waals surface area contributed by atoms with E-state index in [1.807, 2.05) is 18.2 Å². The predicted octanol–water partition coefficient (Wildman–Crippen LogP) is 3.27. The number of hydrogen-bond acceptors (Lipinski definition) is 3. The first-order valence-electron chi connectivity index (χ1n) is 6.61. The van der Waals surface area contributed by atoms with Gasteiger partial charge in [-0.2, -0.15) is 0 Å². The van der Waals surface area contributed by atoms with Gasteiger partial charge in [0.25, 0.3) is 5.91 Å². The monoisotopic (exact) mass is 290 g/mol. The van der Waals surface area contributed by atoms with Crippen LogP contribution in [0, 0.1) is 0 Å². The van der Waals surface area contributed by atoms with Crippen molar-refractivity contribution in [2.75, 3.05) is 0 Å². The number of para-hydroxylation sites is 1. The van der Waals surface area contributed by atoms with Gasteiger partial charge >= 0.3 is 0 Å². The van der Waals surface area contributed by atoms with Crippen molar-refractivity contribution in [3.05, 3.63) is 42.1 Å². The molecule has 1 aliphatic carbocycles. The van der Waals surface area contributed by atoms with Crippen molar-refractivity contribution < 1.29 is 9.32 Å². The highest BCUT2D eigenvalue weighted by atomic mass is 35.5. The van der Waals surface area contributed by atoms with Crippen molar-refractivity contribution in [1.29, 1.82) is 0 Å². The molecule has 5 heteroatoms. The van der Waals surface area contributed by atoms with E-state index in [0.717, 1.165) is 30.2 Å². The zero-order valence-corrected chi connectivity index (χ0v) is 11.7. The Morgan fingerprint density at radius 2 is 2.25 bits per heavy atom. The van der Waals surface area contributed by atoms with Crippen LogP contribution >= 0.6 is 11.6 Å². The van der Waals surface area contributed by atoms with E-state index in [9.17, 15) is 4.79 Å². The minimum Gasteiger partial charge on any atom is -0.355 e. The van der Waals surface area contributed by atoms with Gasteiger partial charge in [-0.25, -0.2) is 0 Å². The number of alkyl halides is 1. The lowest BCUT2D eigenvalue weighted by atomic mass is 9.91. The van der Waals surface area contributed by atoms with Gasteiger partial charge < -0.3 is 9.84 Å². The Bertz CT molecular complexity index is 665. The van der Waals surface area contributed by atoms with Crippen molar-refractivity contribution in [3.8, 4) is 0 Å². The number of hydrogen-bond donors (Lipinski definition) is 1. The first-order chi connectivity index (χ1) is 9.65. The molecule has 1 saturated carbocycles. The number of nitrogens with zero attached hydrogens (tertiary/aromatic N) is 1. The van der Waals surface area contributed by atoms with Gasteiger partial charge in [-0.1, -0.05) is 29.4 Å². The summed E-state index contributed by atoms with van der Waals surface area (Å²) >= 11 is 6.28. The smallest absolute Gasteiger partial charge is 0.274 e. The van der Waals surface area contributed by atoms with Crippen LogP contribution in [-0.4, -0.2) is 22.5 Å². The van der Waals surface area contributed by atoms with Crippen LogP contribution in [0.2, 0.25) is 0 Å². The molecule has 1 N–H and O–H groups in total. The molecule has 0 saturated heterocycles. The normalized spacial score (nSPS) is 22.9. The maximum atomic E-state index is 12.3. The molecule has 2 atom stereocenters. The number of nitrogens with one attached hydrogen (secondary N) is 1. The molecule has 1 fully saturated rings. The quantitative estimate of drug-likeness (QED) is 0.682. The lowest BCUT2D eigenvalue weighted by Gasteiger charge is -2.28. The number of halogens is 1. The molecule has 20 heavy (non-hydrogen) atoms. The first kappa shape index (κ1) is 13.2. The van der Waals surface area contributed by atoms with Gasteiger partial charge in [0.1, 0.15) is 0 Å². The van der Waals surface area contributed by atoms with Crippen molar-refractivity contribution in [2.45, 2.75) is 30.7 Å². The molecule has 1 amide bonds. The van der Waals surface area contributed by atoms with E-state index in [4.69, 9.17) is 16.1 Å². The Labute approximate surface area is 121 Å². The Hall–Kier alpha value is -1.81. The van der Waals surface area contributed by atoms with Crippen LogP contribution in [0.5, 0.6) is 0 Å². The average Bonchev–Trinajstić information content (AvgIpc) is 2.86. The van der Waals surface area contributed by atoms with Crippen molar-refractivity contribution in [2.24, 2.45) is 0 Å². The number of carbonyl (C=O) groups excluding carboxylic acids is 1. The van der Waals surface area contributed by atoms with E-state index >= 15 is 0 Å². The molecule has 4 nitrogen and oxygen atoms in total. The van der Waals surface area contributed by atoms with Crippen LogP contribution < -0.4 is 5.32 Å². The fourth-order valence-electron chi connectivity index (χ4n) is 2.51. The minimum absolute atomic E-state index is 0.0508. The van der Waals surface area contributed by atoms with Crippen molar-refractivity contribution in [1.82, 2.24) is 10.5 Å². The number of allylic oxidation sites excluding steroid dienone is 1. The van der Waals surface area contributed by atoms with Gasteiger partial charge in [0, 0.05) is 6.04 Å². The molecule has 0 bridgehead atoms. The van der Waals surface area contributed by atoms with Gasteiger partial charge in [0.2, 0.25) is 0 Å². The number of fused-ring (bicyclic) bond motifs is 1. The summed E-state index contributed by atoms with van der Waals surface area (Å²) < 4.78 is 5.15. The SMILES string of the molecule is C=C1CCC(NC(=O)c2noc3ccccc23)C(Cl)C1. The van der Waals surface area contributed by atoms with Crippen molar-refractivity contribution >= 4 is 28.5 Å². The van der Waals surface area contributed by atoms with Crippen LogP contribution in [0.15, 0.2) is 40.9 Å². The molecule has 1 heterocycles. The van der Waals surface area contributed by atoms with Crippen LogP contribution in [0.4, 0.5) is 0 Å².